The standard InChI is InChI=1S/C10H10.C8H8.Cl2O2S/c1-3-9-7-5-6-8-10(9)4-2;1-2-8-6-4-3-5-7-8;1-5(2,3)4/h3-8H,1-2H2;2-7H,1H2;. The molecule has 2 nitrogen and oxygen atoms in total. The van der Waals surface area contributed by atoms with E-state index in [0.29, 0.717) is 0 Å². The highest BCUT2D eigenvalue weighted by molar-refractivity contribution is 8.31. The number of hydrogen-bond donors (Lipinski definition) is 0. The third-order valence-electron chi connectivity index (χ3n) is 2.47. The zero-order valence-electron chi connectivity index (χ0n) is 12.5. The molecule has 0 N–H and O–H groups in total. The molecule has 2 aromatic carbocycles. The first-order valence-corrected chi connectivity index (χ1v) is 9.61. The Morgan fingerprint density at radius 2 is 1.04 bits per heavy atom. The molecule has 0 aliphatic heterocycles. The van der Waals surface area contributed by atoms with Gasteiger partial charge in [-0.2, -0.15) is 8.42 Å². The number of hydrogen-bond acceptors (Lipinski definition) is 2. The largest absolute Gasteiger partial charge is 0.317 e. The molecule has 0 radical (unpaired) electrons. The Labute approximate surface area is 147 Å². The molecule has 0 aliphatic rings. The van der Waals surface area contributed by atoms with Crippen molar-refractivity contribution >= 4 is 47.9 Å². The van der Waals surface area contributed by atoms with Crippen molar-refractivity contribution in [2.75, 3.05) is 0 Å². The molecule has 0 spiro atoms. The van der Waals surface area contributed by atoms with Crippen LogP contribution in [0.1, 0.15) is 16.7 Å². The van der Waals surface area contributed by atoms with Crippen LogP contribution in [0.2, 0.25) is 0 Å². The molecule has 0 saturated carbocycles. The highest BCUT2D eigenvalue weighted by atomic mass is 36.0. The summed E-state index contributed by atoms with van der Waals surface area (Å²) in [6, 6.07) is 18.0. The van der Waals surface area contributed by atoms with Gasteiger partial charge in [0.1, 0.15) is 0 Å². The first kappa shape index (κ1) is 21.2. The van der Waals surface area contributed by atoms with E-state index < -0.39 is 8.26 Å². The molecule has 0 fully saturated rings. The summed E-state index contributed by atoms with van der Waals surface area (Å²) in [6.07, 6.45) is 5.49. The lowest BCUT2D eigenvalue weighted by atomic mass is 10.1. The van der Waals surface area contributed by atoms with Crippen molar-refractivity contribution in [3.63, 3.8) is 0 Å². The molecule has 0 amide bonds. The summed E-state index contributed by atoms with van der Waals surface area (Å²) in [5.74, 6) is 0. The summed E-state index contributed by atoms with van der Waals surface area (Å²) in [6.45, 7) is 11.0. The Balaban J connectivity index is 0.000000335. The second kappa shape index (κ2) is 11.7. The molecule has 0 heterocycles. The fraction of sp³-hybridized carbons (Fsp3) is 0. The van der Waals surface area contributed by atoms with E-state index in [1.807, 2.05) is 72.8 Å². The smallest absolute Gasteiger partial charge is 0.195 e. The van der Waals surface area contributed by atoms with Crippen LogP contribution in [0.3, 0.4) is 0 Å². The van der Waals surface area contributed by atoms with E-state index in [0.717, 1.165) is 11.1 Å². The first-order valence-electron chi connectivity index (χ1n) is 6.47. The predicted molar refractivity (Wildman–Crippen MR) is 104 cm³/mol. The molecule has 23 heavy (non-hydrogen) atoms. The van der Waals surface area contributed by atoms with Crippen LogP contribution in [0.4, 0.5) is 0 Å². The second-order valence-corrected chi connectivity index (χ2v) is 7.70. The number of rotatable bonds is 3. The summed E-state index contributed by atoms with van der Waals surface area (Å²) in [4.78, 5) is 0. The Bertz CT molecular complexity index is 689. The Kier molecular flexibility index (Phi) is 10.8. The molecule has 2 aromatic rings. The van der Waals surface area contributed by atoms with E-state index >= 15 is 0 Å². The van der Waals surface area contributed by atoms with E-state index in [9.17, 15) is 0 Å². The topological polar surface area (TPSA) is 34.1 Å². The molecule has 0 unspecified atom stereocenters. The van der Waals surface area contributed by atoms with Gasteiger partial charge in [0.25, 0.3) is 0 Å². The second-order valence-electron chi connectivity index (χ2n) is 4.03. The molecule has 0 aromatic heterocycles. The number of halogens is 2. The molecule has 5 heteroatoms. The van der Waals surface area contributed by atoms with Gasteiger partial charge in [-0.05, 0) is 16.7 Å². The molecule has 0 saturated heterocycles. The third kappa shape index (κ3) is 12.4. The van der Waals surface area contributed by atoms with Gasteiger partial charge in [0.05, 0.1) is 0 Å². The van der Waals surface area contributed by atoms with Gasteiger partial charge in [0.15, 0.2) is 0 Å². The maximum atomic E-state index is 9.16. The van der Waals surface area contributed by atoms with Crippen molar-refractivity contribution in [3.05, 3.63) is 91.0 Å². The normalized spacial score (nSPS) is 9.30. The van der Waals surface area contributed by atoms with Gasteiger partial charge in [0, 0.05) is 21.4 Å². The van der Waals surface area contributed by atoms with Gasteiger partial charge in [0.2, 0.25) is 0 Å². The van der Waals surface area contributed by atoms with Gasteiger partial charge >= 0.3 is 8.26 Å². The van der Waals surface area contributed by atoms with Crippen molar-refractivity contribution in [2.24, 2.45) is 0 Å². The van der Waals surface area contributed by atoms with Gasteiger partial charge < -0.3 is 0 Å². The minimum absolute atomic E-state index is 1.14. The average Bonchev–Trinajstić information content (AvgIpc) is 2.54. The van der Waals surface area contributed by atoms with Gasteiger partial charge in [-0.25, -0.2) is 0 Å². The molecule has 0 atom stereocenters. The average molecular weight is 369 g/mol. The van der Waals surface area contributed by atoms with Crippen molar-refractivity contribution in [2.45, 2.75) is 0 Å². The number of benzene rings is 2. The maximum absolute atomic E-state index is 9.16. The van der Waals surface area contributed by atoms with Crippen molar-refractivity contribution < 1.29 is 8.42 Å². The van der Waals surface area contributed by atoms with Crippen LogP contribution in [-0.2, 0) is 8.26 Å². The zero-order chi connectivity index (χ0) is 17.7. The van der Waals surface area contributed by atoms with E-state index in [2.05, 4.69) is 41.1 Å². The summed E-state index contributed by atoms with van der Waals surface area (Å²) in [5, 5.41) is 0. The van der Waals surface area contributed by atoms with Gasteiger partial charge in [-0.1, -0.05) is 92.6 Å². The highest BCUT2D eigenvalue weighted by Crippen LogP contribution is 2.10. The molecule has 2 rings (SSSR count). The maximum Gasteiger partial charge on any atom is 0.317 e. The molecule has 0 bridgehead atoms. The summed E-state index contributed by atoms with van der Waals surface area (Å²) in [5.41, 5.74) is 3.45. The monoisotopic (exact) mass is 368 g/mol. The van der Waals surface area contributed by atoms with Crippen LogP contribution in [0.15, 0.2) is 74.3 Å². The minimum atomic E-state index is -3.72. The van der Waals surface area contributed by atoms with E-state index in [4.69, 9.17) is 8.42 Å². The summed E-state index contributed by atoms with van der Waals surface area (Å²) < 4.78 is 18.3. The Morgan fingerprint density at radius 3 is 1.30 bits per heavy atom. The quantitative estimate of drug-likeness (QED) is 0.621. The fourth-order valence-electron chi connectivity index (χ4n) is 1.47. The molecule has 0 aliphatic carbocycles. The predicted octanol–water partition coefficient (Wildman–Crippen LogP) is 6.01. The fourth-order valence-corrected chi connectivity index (χ4v) is 1.47. The van der Waals surface area contributed by atoms with Crippen LogP contribution >= 0.6 is 21.4 Å². The molecule has 122 valence electrons. The van der Waals surface area contributed by atoms with Crippen LogP contribution in [0, 0.1) is 0 Å². The third-order valence-corrected chi connectivity index (χ3v) is 2.47. The summed E-state index contributed by atoms with van der Waals surface area (Å²) >= 11 is 0. The van der Waals surface area contributed by atoms with Crippen molar-refractivity contribution in [1.29, 1.82) is 0 Å². The zero-order valence-corrected chi connectivity index (χ0v) is 14.9. The Morgan fingerprint density at radius 1 is 0.696 bits per heavy atom. The molecular weight excluding hydrogens is 351 g/mol. The lowest BCUT2D eigenvalue weighted by molar-refractivity contribution is 0.621. The van der Waals surface area contributed by atoms with E-state index in [-0.39, 0.29) is 0 Å². The van der Waals surface area contributed by atoms with E-state index in [1.165, 1.54) is 5.56 Å². The van der Waals surface area contributed by atoms with Gasteiger partial charge in [-0.15, -0.1) is 0 Å². The van der Waals surface area contributed by atoms with Crippen LogP contribution in [0.25, 0.3) is 18.2 Å². The van der Waals surface area contributed by atoms with Crippen molar-refractivity contribution in [3.8, 4) is 0 Å². The molecular formula is C18H18Cl2O2S. The van der Waals surface area contributed by atoms with Crippen LogP contribution in [-0.4, -0.2) is 8.42 Å². The first-order chi connectivity index (χ1) is 10.8. The van der Waals surface area contributed by atoms with Crippen LogP contribution in [0.5, 0.6) is 0 Å². The summed E-state index contributed by atoms with van der Waals surface area (Å²) in [7, 11) is 4.81. The Hall–Kier alpha value is -1.81. The minimum Gasteiger partial charge on any atom is -0.195 e. The highest BCUT2D eigenvalue weighted by Gasteiger charge is 1.89. The SMILES string of the molecule is C=Cc1ccccc1.C=Cc1ccccc1C=C.O=S(=O)(Cl)Cl. The van der Waals surface area contributed by atoms with Gasteiger partial charge in [-0.3, -0.25) is 0 Å². The van der Waals surface area contributed by atoms with E-state index in [1.54, 1.807) is 0 Å². The van der Waals surface area contributed by atoms with Crippen LogP contribution < -0.4 is 0 Å². The lowest BCUT2D eigenvalue weighted by Gasteiger charge is -1.96. The lowest BCUT2D eigenvalue weighted by Crippen LogP contribution is -1.76. The van der Waals surface area contributed by atoms with Crippen molar-refractivity contribution in [1.82, 2.24) is 0 Å².